The molecule has 25 heteroatoms. The zero-order valence-electron chi connectivity index (χ0n) is 37.1. The van der Waals surface area contributed by atoms with Crippen LogP contribution in [0.15, 0.2) is 96.7 Å². The van der Waals surface area contributed by atoms with Gasteiger partial charge in [-0.1, -0.05) is 12.1 Å². The average Bonchev–Trinajstić information content (AvgIpc) is 4.19. The van der Waals surface area contributed by atoms with E-state index in [1.54, 1.807) is 35.5 Å². The first-order valence-corrected chi connectivity index (χ1v) is 25.3. The van der Waals surface area contributed by atoms with Crippen molar-refractivity contribution in [2.45, 2.75) is 77.3 Å². The van der Waals surface area contributed by atoms with Gasteiger partial charge in [0.05, 0.1) is 59.4 Å². The molecule has 2 saturated carbocycles. The van der Waals surface area contributed by atoms with Gasteiger partial charge in [-0.15, -0.1) is 22.7 Å². The van der Waals surface area contributed by atoms with E-state index in [-0.39, 0.29) is 35.7 Å². The summed E-state index contributed by atoms with van der Waals surface area (Å²) in [5, 5.41) is 28.2. The second kappa shape index (κ2) is 20.1. The molecule has 8 aromatic heterocycles. The van der Waals surface area contributed by atoms with Crippen molar-refractivity contribution in [3.63, 3.8) is 0 Å². The van der Waals surface area contributed by atoms with Gasteiger partial charge in [0.1, 0.15) is 32.8 Å². The fourth-order valence-corrected chi connectivity index (χ4v) is 9.91. The topological polar surface area (TPSA) is 255 Å². The number of hydrogen-bond acceptors (Lipinski definition) is 17. The first kappa shape index (κ1) is 46.1. The number of amides is 2. The lowest BCUT2D eigenvalue weighted by atomic mass is 9.89. The van der Waals surface area contributed by atoms with Crippen molar-refractivity contribution < 1.29 is 37.6 Å². The molecule has 22 nitrogen and oxygen atoms in total. The second-order valence-corrected chi connectivity index (χ2v) is 19.3. The number of hydrogen-bond donors (Lipinski definition) is 3. The molecule has 0 spiro atoms. The van der Waals surface area contributed by atoms with Crippen molar-refractivity contribution in [3.8, 4) is 43.9 Å². The number of rotatable bonds is 20. The Morgan fingerprint density at radius 2 is 1.14 bits per heavy atom. The van der Waals surface area contributed by atoms with Gasteiger partial charge in [-0.25, -0.2) is 23.9 Å². The van der Waals surface area contributed by atoms with E-state index in [1.165, 1.54) is 44.4 Å². The molecule has 3 N–H and O–H groups in total. The number of thiazole rings is 2. The predicted octanol–water partition coefficient (Wildman–Crippen LogP) is 7.58. The van der Waals surface area contributed by atoms with E-state index in [2.05, 4.69) is 40.8 Å². The number of ether oxygens (including phenoxy) is 2. The molecule has 2 fully saturated rings. The first-order valence-electron chi connectivity index (χ1n) is 22.0. The van der Waals surface area contributed by atoms with Crippen LogP contribution in [0.25, 0.3) is 43.9 Å². The largest absolute Gasteiger partial charge is 0.475 e. The maximum atomic E-state index is 13.5. The molecule has 356 valence electrons. The van der Waals surface area contributed by atoms with E-state index in [9.17, 15) is 19.0 Å². The molecule has 0 atom stereocenters. The molecule has 2 amide bonds. The molecule has 0 radical (unpaired) electrons. The normalized spacial score (nSPS) is 18.6. The number of phosphoric ester groups is 1. The summed E-state index contributed by atoms with van der Waals surface area (Å²) in [6.07, 6.45) is 16.8. The Labute approximate surface area is 401 Å². The third-order valence-corrected chi connectivity index (χ3v) is 14.1. The molecular weight excluding hydrogens is 948 g/mol. The molecule has 8 heterocycles. The highest BCUT2D eigenvalue weighted by atomic mass is 32.1. The first-order chi connectivity index (χ1) is 33.6. The standard InChI is InChI=1S/C44H45N14O8PS2/c1-3-63-31-13-29(14-31)57-21-35(39(53-57)33-9-5-7-11-45-33)49-41(59)37-23-68-43(51-37)27-17-47-55(19-27)25-65-67(61,62)66-26-56-20-28(18-48-56)44-52-38(24-69-44)42(60)50-36-22-58(30-15-32(16-30)64-4-2)54-40(36)34-10-6-8-12-46-34/h5-12,17-24,29-32H,3-4,13-16,25-26H2,1-2H3,(H,49,59)(H,50,60)(H,61,62). The third-order valence-electron chi connectivity index (χ3n) is 11.4. The van der Waals surface area contributed by atoms with Gasteiger partial charge in [0, 0.05) is 72.3 Å². The lowest BCUT2D eigenvalue weighted by Crippen LogP contribution is -2.33. The third kappa shape index (κ3) is 10.5. The number of anilines is 2. The number of carbonyl (C=O) groups excluding carboxylic acids is 2. The lowest BCUT2D eigenvalue weighted by molar-refractivity contribution is -0.0228. The Bertz CT molecular complexity index is 2900. The molecule has 0 saturated heterocycles. The molecule has 2 aliphatic rings. The molecule has 0 aromatic carbocycles. The fourth-order valence-electron chi connectivity index (χ4n) is 7.76. The summed E-state index contributed by atoms with van der Waals surface area (Å²) < 4.78 is 41.1. The van der Waals surface area contributed by atoms with Crippen molar-refractivity contribution in [1.29, 1.82) is 0 Å². The zero-order chi connectivity index (χ0) is 47.5. The molecule has 0 unspecified atom stereocenters. The van der Waals surface area contributed by atoms with Crippen LogP contribution >= 0.6 is 30.5 Å². The Balaban J connectivity index is 0.717. The molecule has 10 rings (SSSR count). The number of carbonyl (C=O) groups is 2. The van der Waals surface area contributed by atoms with Crippen LogP contribution < -0.4 is 10.6 Å². The minimum absolute atomic E-state index is 0.148. The van der Waals surface area contributed by atoms with Crippen molar-refractivity contribution in [3.05, 3.63) is 108 Å². The molecule has 0 aliphatic heterocycles. The SMILES string of the molecule is CCOC1CC(n2cc(NC(=O)c3csc(-c4cnn(COP(=O)(O)OCn5cc(-c6nc(C(=O)Nc7cn(C8CC(OCC)C8)nc7-c7ccccn7)cs6)cn5)c4)n3)c(-c3ccccn3)n2)C1. The van der Waals surface area contributed by atoms with Crippen molar-refractivity contribution in [2.75, 3.05) is 23.8 Å². The van der Waals surface area contributed by atoms with Crippen molar-refractivity contribution >= 4 is 53.7 Å². The van der Waals surface area contributed by atoms with Crippen LogP contribution in [0, 0.1) is 0 Å². The van der Waals surface area contributed by atoms with Crippen LogP contribution in [-0.2, 0) is 36.5 Å². The summed E-state index contributed by atoms with van der Waals surface area (Å²) in [7, 11) is -4.59. The minimum atomic E-state index is -4.59. The summed E-state index contributed by atoms with van der Waals surface area (Å²) in [6, 6.07) is 11.3. The second-order valence-electron chi connectivity index (χ2n) is 16.1. The molecule has 0 bridgehead atoms. The summed E-state index contributed by atoms with van der Waals surface area (Å²) in [6.45, 7) is 4.42. The van der Waals surface area contributed by atoms with Gasteiger partial charge in [0.25, 0.3) is 11.8 Å². The number of pyridine rings is 2. The molecule has 8 aromatic rings. The van der Waals surface area contributed by atoms with E-state index in [1.807, 2.05) is 72.0 Å². The number of aromatic nitrogens is 12. The quantitative estimate of drug-likeness (QED) is 0.0622. The Morgan fingerprint density at radius 1 is 0.696 bits per heavy atom. The number of nitrogens with zero attached hydrogens (tertiary/aromatic N) is 12. The van der Waals surface area contributed by atoms with Crippen molar-refractivity contribution in [1.82, 2.24) is 59.1 Å². The summed E-state index contributed by atoms with van der Waals surface area (Å²) >= 11 is 2.47. The monoisotopic (exact) mass is 992 g/mol. The van der Waals surface area contributed by atoms with Gasteiger partial charge >= 0.3 is 7.82 Å². The van der Waals surface area contributed by atoms with Crippen LogP contribution in [0.1, 0.15) is 72.6 Å². The van der Waals surface area contributed by atoms with E-state index in [4.69, 9.17) is 28.7 Å². The van der Waals surface area contributed by atoms with Gasteiger partial charge in [-0.05, 0) is 63.8 Å². The highest BCUT2D eigenvalue weighted by Gasteiger charge is 2.34. The zero-order valence-corrected chi connectivity index (χ0v) is 39.7. The predicted molar refractivity (Wildman–Crippen MR) is 253 cm³/mol. The van der Waals surface area contributed by atoms with Crippen LogP contribution in [0.3, 0.4) is 0 Å². The Morgan fingerprint density at radius 3 is 1.55 bits per heavy atom. The highest BCUT2D eigenvalue weighted by Crippen LogP contribution is 2.44. The Kier molecular flexibility index (Phi) is 13.5. The number of nitrogens with one attached hydrogen (secondary N) is 2. The van der Waals surface area contributed by atoms with Gasteiger partial charge in [-0.3, -0.25) is 38.0 Å². The molecule has 69 heavy (non-hydrogen) atoms. The van der Waals surface area contributed by atoms with E-state index < -0.39 is 33.1 Å². The average molecular weight is 993 g/mol. The number of phosphoric acid groups is 1. The van der Waals surface area contributed by atoms with Gasteiger partial charge in [-0.2, -0.15) is 20.4 Å². The fraction of sp³-hybridized carbons (Fsp3) is 0.318. The van der Waals surface area contributed by atoms with Gasteiger partial charge in [0.2, 0.25) is 0 Å². The summed E-state index contributed by atoms with van der Waals surface area (Å²) in [4.78, 5) is 55.4. The van der Waals surface area contributed by atoms with Crippen LogP contribution in [0.5, 0.6) is 0 Å². The van der Waals surface area contributed by atoms with Crippen LogP contribution in [-0.4, -0.2) is 101 Å². The van der Waals surface area contributed by atoms with Crippen molar-refractivity contribution in [2.24, 2.45) is 0 Å². The van der Waals surface area contributed by atoms with E-state index >= 15 is 0 Å². The lowest BCUT2D eigenvalue weighted by Gasteiger charge is -2.34. The maximum absolute atomic E-state index is 13.5. The van der Waals surface area contributed by atoms with Crippen LogP contribution in [0.2, 0.25) is 0 Å². The highest BCUT2D eigenvalue weighted by molar-refractivity contribution is 7.47. The summed E-state index contributed by atoms with van der Waals surface area (Å²) in [5.74, 6) is -0.853. The van der Waals surface area contributed by atoms with Crippen LogP contribution in [0.4, 0.5) is 11.4 Å². The molecular formula is C44H45N14O8PS2. The smallest absolute Gasteiger partial charge is 0.378 e. The maximum Gasteiger partial charge on any atom is 0.475 e. The summed E-state index contributed by atoms with van der Waals surface area (Å²) in [5.41, 5.74) is 4.85. The van der Waals surface area contributed by atoms with E-state index in [0.29, 0.717) is 68.5 Å². The molecule has 2 aliphatic carbocycles. The van der Waals surface area contributed by atoms with Gasteiger partial charge in [0.15, 0.2) is 13.5 Å². The van der Waals surface area contributed by atoms with E-state index in [0.717, 1.165) is 25.7 Å². The minimum Gasteiger partial charge on any atom is -0.378 e. The Hall–Kier alpha value is -6.63. The van der Waals surface area contributed by atoms with Gasteiger partial charge < -0.3 is 25.0 Å².